The highest BCUT2D eigenvalue weighted by atomic mass is 15.1. The molecule has 0 heterocycles. The summed E-state index contributed by atoms with van der Waals surface area (Å²) < 4.78 is 0. The summed E-state index contributed by atoms with van der Waals surface area (Å²) in [5.41, 5.74) is 2.75. The number of para-hydroxylation sites is 2. The van der Waals surface area contributed by atoms with Gasteiger partial charge in [0.25, 0.3) is 0 Å². The van der Waals surface area contributed by atoms with Gasteiger partial charge in [-0.3, -0.25) is 0 Å². The normalized spacial score (nSPS) is 10.3. The molecule has 0 N–H and O–H groups in total. The van der Waals surface area contributed by atoms with Gasteiger partial charge in [-0.15, -0.1) is 0 Å². The minimum atomic E-state index is 1.19. The Hall–Kier alpha value is -1.96. The second-order valence-corrected chi connectivity index (χ2v) is 8.06. The maximum Gasteiger partial charge on any atom is 0.0366 e. The van der Waals surface area contributed by atoms with Crippen LogP contribution >= 0.6 is 0 Å². The van der Waals surface area contributed by atoms with Gasteiger partial charge in [-0.25, -0.2) is 0 Å². The molecule has 0 saturated carbocycles. The standard InChI is InChI=1S/2C14H23N/c2*1-3-5-12-15(13-6-4-2)14-10-8-7-9-11-14/h2*7-11H,3-6,12-13H2,1-2H3. The van der Waals surface area contributed by atoms with Gasteiger partial charge in [0.1, 0.15) is 0 Å². The molecule has 0 amide bonds. The van der Waals surface area contributed by atoms with Gasteiger partial charge in [0.2, 0.25) is 0 Å². The molecule has 0 aromatic heterocycles. The number of hydrogen-bond acceptors (Lipinski definition) is 2. The molecule has 30 heavy (non-hydrogen) atoms. The zero-order valence-electron chi connectivity index (χ0n) is 20.2. The molecule has 0 aliphatic carbocycles. The average Bonchev–Trinajstić information content (AvgIpc) is 2.81. The fourth-order valence-electron chi connectivity index (χ4n) is 3.41. The third-order valence-corrected chi connectivity index (χ3v) is 5.37. The van der Waals surface area contributed by atoms with Crippen LogP contribution in [0.25, 0.3) is 0 Å². The maximum absolute atomic E-state index is 2.51. The first-order chi connectivity index (χ1) is 14.8. The van der Waals surface area contributed by atoms with Gasteiger partial charge >= 0.3 is 0 Å². The number of unbranched alkanes of at least 4 members (excludes halogenated alkanes) is 4. The van der Waals surface area contributed by atoms with E-state index in [2.05, 4.69) is 98.2 Å². The largest absolute Gasteiger partial charge is 0.372 e. The van der Waals surface area contributed by atoms with Crippen molar-refractivity contribution in [1.29, 1.82) is 0 Å². The first kappa shape index (κ1) is 26.1. The van der Waals surface area contributed by atoms with E-state index < -0.39 is 0 Å². The molecular formula is C28H46N2. The van der Waals surface area contributed by atoms with E-state index in [1.54, 1.807) is 0 Å². The molecule has 168 valence electrons. The Morgan fingerprint density at radius 3 is 0.933 bits per heavy atom. The first-order valence-electron chi connectivity index (χ1n) is 12.4. The number of anilines is 2. The highest BCUT2D eigenvalue weighted by Gasteiger charge is 2.04. The number of benzene rings is 2. The van der Waals surface area contributed by atoms with Crippen molar-refractivity contribution >= 4 is 11.4 Å². The van der Waals surface area contributed by atoms with E-state index in [0.29, 0.717) is 0 Å². The zero-order chi connectivity index (χ0) is 21.9. The molecule has 2 aromatic carbocycles. The molecular weight excluding hydrogens is 364 g/mol. The smallest absolute Gasteiger partial charge is 0.0366 e. The Balaban J connectivity index is 0.000000300. The lowest BCUT2D eigenvalue weighted by Crippen LogP contribution is -2.25. The quantitative estimate of drug-likeness (QED) is 0.310. The third kappa shape index (κ3) is 11.3. The van der Waals surface area contributed by atoms with Crippen LogP contribution in [0.15, 0.2) is 60.7 Å². The average molecular weight is 411 g/mol. The van der Waals surface area contributed by atoms with Crippen molar-refractivity contribution in [1.82, 2.24) is 0 Å². The lowest BCUT2D eigenvalue weighted by atomic mass is 10.2. The molecule has 2 heteroatoms. The summed E-state index contributed by atoms with van der Waals surface area (Å²) in [5.74, 6) is 0. The van der Waals surface area contributed by atoms with Gasteiger partial charge in [-0.2, -0.15) is 0 Å². The monoisotopic (exact) mass is 410 g/mol. The highest BCUT2D eigenvalue weighted by Crippen LogP contribution is 2.15. The molecule has 0 atom stereocenters. The van der Waals surface area contributed by atoms with Crippen molar-refractivity contribution in [3.05, 3.63) is 60.7 Å². The van der Waals surface area contributed by atoms with Gasteiger partial charge in [0.05, 0.1) is 0 Å². The van der Waals surface area contributed by atoms with Crippen molar-refractivity contribution in [2.75, 3.05) is 36.0 Å². The number of hydrogen-bond donors (Lipinski definition) is 0. The summed E-state index contributed by atoms with van der Waals surface area (Å²) in [6, 6.07) is 21.5. The van der Waals surface area contributed by atoms with Crippen molar-refractivity contribution in [3.63, 3.8) is 0 Å². The summed E-state index contributed by atoms with van der Waals surface area (Å²) in [6.07, 6.45) is 10.3. The SMILES string of the molecule is CCCCN(CCCC)c1ccccc1.CCCCN(CCCC)c1ccccc1. The molecule has 2 rings (SSSR count). The van der Waals surface area contributed by atoms with Crippen LogP contribution in [0.2, 0.25) is 0 Å². The van der Waals surface area contributed by atoms with Gasteiger partial charge in [-0.05, 0) is 49.9 Å². The third-order valence-electron chi connectivity index (χ3n) is 5.37. The molecule has 0 radical (unpaired) electrons. The number of nitrogens with zero attached hydrogens (tertiary/aromatic N) is 2. The molecule has 2 aromatic rings. The number of rotatable bonds is 14. The maximum atomic E-state index is 2.51. The van der Waals surface area contributed by atoms with Crippen LogP contribution in [0.3, 0.4) is 0 Å². The Morgan fingerprint density at radius 2 is 0.700 bits per heavy atom. The molecule has 0 spiro atoms. The van der Waals surface area contributed by atoms with E-state index >= 15 is 0 Å². The van der Waals surface area contributed by atoms with Crippen LogP contribution in [-0.4, -0.2) is 26.2 Å². The van der Waals surface area contributed by atoms with Crippen LogP contribution in [0.1, 0.15) is 79.1 Å². The summed E-state index contributed by atoms with van der Waals surface area (Å²) in [6.45, 7) is 13.8. The molecule has 0 unspecified atom stereocenters. The molecule has 0 bridgehead atoms. The van der Waals surface area contributed by atoms with Crippen LogP contribution < -0.4 is 9.80 Å². The van der Waals surface area contributed by atoms with Crippen LogP contribution in [0.4, 0.5) is 11.4 Å². The predicted octanol–water partition coefficient (Wildman–Crippen LogP) is 8.19. The van der Waals surface area contributed by atoms with Crippen LogP contribution in [-0.2, 0) is 0 Å². The first-order valence-corrected chi connectivity index (χ1v) is 12.4. The van der Waals surface area contributed by atoms with E-state index in [-0.39, 0.29) is 0 Å². The topological polar surface area (TPSA) is 6.48 Å². The summed E-state index contributed by atoms with van der Waals surface area (Å²) >= 11 is 0. The second-order valence-electron chi connectivity index (χ2n) is 8.06. The fourth-order valence-corrected chi connectivity index (χ4v) is 3.41. The molecule has 0 aliphatic rings. The molecule has 0 saturated heterocycles. The minimum Gasteiger partial charge on any atom is -0.372 e. The van der Waals surface area contributed by atoms with Crippen molar-refractivity contribution in [2.24, 2.45) is 0 Å². The Bertz CT molecular complexity index is 525. The summed E-state index contributed by atoms with van der Waals surface area (Å²) in [7, 11) is 0. The van der Waals surface area contributed by atoms with E-state index in [0.717, 1.165) is 0 Å². The minimum absolute atomic E-state index is 1.19. The second kappa shape index (κ2) is 17.9. The highest BCUT2D eigenvalue weighted by molar-refractivity contribution is 5.46. The van der Waals surface area contributed by atoms with Gasteiger partial charge in [0, 0.05) is 37.6 Å². The fraction of sp³-hybridized carbons (Fsp3) is 0.571. The van der Waals surface area contributed by atoms with E-state index in [9.17, 15) is 0 Å². The lowest BCUT2D eigenvalue weighted by molar-refractivity contribution is 0.678. The zero-order valence-corrected chi connectivity index (χ0v) is 20.2. The van der Waals surface area contributed by atoms with Crippen LogP contribution in [0.5, 0.6) is 0 Å². The van der Waals surface area contributed by atoms with Gasteiger partial charge < -0.3 is 9.80 Å². The van der Waals surface area contributed by atoms with E-state index in [1.165, 1.54) is 88.9 Å². The van der Waals surface area contributed by atoms with Gasteiger partial charge in [-0.1, -0.05) is 89.8 Å². The van der Waals surface area contributed by atoms with Crippen molar-refractivity contribution < 1.29 is 0 Å². The molecule has 0 aliphatic heterocycles. The molecule has 0 fully saturated rings. The lowest BCUT2D eigenvalue weighted by Gasteiger charge is -2.24. The summed E-state index contributed by atoms with van der Waals surface area (Å²) in [4.78, 5) is 5.01. The molecule has 2 nitrogen and oxygen atoms in total. The van der Waals surface area contributed by atoms with E-state index in [4.69, 9.17) is 0 Å². The Morgan fingerprint density at radius 1 is 0.433 bits per heavy atom. The van der Waals surface area contributed by atoms with E-state index in [1.807, 2.05) is 0 Å². The van der Waals surface area contributed by atoms with Gasteiger partial charge in [0.15, 0.2) is 0 Å². The predicted molar refractivity (Wildman–Crippen MR) is 137 cm³/mol. The van der Waals surface area contributed by atoms with Crippen LogP contribution in [0, 0.1) is 0 Å². The Labute approximate surface area is 187 Å². The summed E-state index contributed by atoms with van der Waals surface area (Å²) in [5, 5.41) is 0. The van der Waals surface area contributed by atoms with Crippen molar-refractivity contribution in [3.8, 4) is 0 Å². The Kier molecular flexibility index (Phi) is 15.5. The van der Waals surface area contributed by atoms with Crippen molar-refractivity contribution in [2.45, 2.75) is 79.1 Å².